The summed E-state index contributed by atoms with van der Waals surface area (Å²) in [6.07, 6.45) is 1.64. The van der Waals surface area contributed by atoms with Crippen molar-refractivity contribution in [1.29, 1.82) is 0 Å². The van der Waals surface area contributed by atoms with E-state index in [1.54, 1.807) is 12.0 Å². The number of hydrogen-bond acceptors (Lipinski definition) is 4. The molecule has 116 valence electrons. The van der Waals surface area contributed by atoms with Crippen molar-refractivity contribution >= 4 is 27.5 Å². The zero-order chi connectivity index (χ0) is 15.6. The van der Waals surface area contributed by atoms with Crippen molar-refractivity contribution in [3.8, 4) is 0 Å². The Bertz CT molecular complexity index is 640. The van der Waals surface area contributed by atoms with Gasteiger partial charge in [0.15, 0.2) is 0 Å². The highest BCUT2D eigenvalue weighted by Crippen LogP contribution is 2.23. The number of likely N-dealkylation sites (tertiary alicyclic amines) is 1. The van der Waals surface area contributed by atoms with E-state index in [-0.39, 0.29) is 27.5 Å². The number of carbonyl (C=O) groups excluding carboxylic acids is 1. The van der Waals surface area contributed by atoms with Gasteiger partial charge in [0.05, 0.1) is 21.6 Å². The van der Waals surface area contributed by atoms with Crippen molar-refractivity contribution in [3.05, 3.63) is 28.8 Å². The average molecular weight is 333 g/mol. The Morgan fingerprint density at radius 1 is 1.38 bits per heavy atom. The van der Waals surface area contributed by atoms with Gasteiger partial charge in [-0.2, -0.15) is 0 Å². The van der Waals surface area contributed by atoms with E-state index in [9.17, 15) is 13.2 Å². The van der Waals surface area contributed by atoms with Crippen LogP contribution in [-0.4, -0.2) is 45.5 Å². The summed E-state index contributed by atoms with van der Waals surface area (Å²) < 4.78 is 28.0. The molecule has 1 aliphatic rings. The molecule has 1 heterocycles. The van der Waals surface area contributed by atoms with Gasteiger partial charge in [0, 0.05) is 20.2 Å². The van der Waals surface area contributed by atoms with Crippen LogP contribution < -0.4 is 5.14 Å². The van der Waals surface area contributed by atoms with Crippen LogP contribution in [0.25, 0.3) is 0 Å². The van der Waals surface area contributed by atoms with Crippen LogP contribution in [0.4, 0.5) is 0 Å². The second-order valence-electron chi connectivity index (χ2n) is 4.91. The normalized spacial score (nSPS) is 17.0. The van der Waals surface area contributed by atoms with E-state index >= 15 is 0 Å². The maximum absolute atomic E-state index is 12.5. The number of nitrogens with two attached hydrogens (primary N) is 1. The van der Waals surface area contributed by atoms with Crippen molar-refractivity contribution in [2.75, 3.05) is 20.2 Å². The summed E-state index contributed by atoms with van der Waals surface area (Å²) in [4.78, 5) is 14.0. The first kappa shape index (κ1) is 16.2. The van der Waals surface area contributed by atoms with Crippen molar-refractivity contribution in [1.82, 2.24) is 4.90 Å². The number of halogens is 1. The van der Waals surface area contributed by atoms with Gasteiger partial charge in [0.25, 0.3) is 5.91 Å². The van der Waals surface area contributed by atoms with E-state index in [2.05, 4.69) is 0 Å². The summed E-state index contributed by atoms with van der Waals surface area (Å²) in [5, 5.41) is 5.29. The molecule has 0 unspecified atom stereocenters. The lowest BCUT2D eigenvalue weighted by molar-refractivity contribution is 0.0351. The summed E-state index contributed by atoms with van der Waals surface area (Å²) in [6.45, 7) is 1.10. The van der Waals surface area contributed by atoms with Gasteiger partial charge in [-0.3, -0.25) is 4.79 Å². The Morgan fingerprint density at radius 3 is 2.52 bits per heavy atom. The monoisotopic (exact) mass is 332 g/mol. The summed E-state index contributed by atoms with van der Waals surface area (Å²) in [6, 6.07) is 3.88. The SMILES string of the molecule is COC1CCN(C(=O)c2cc(S(N)(=O)=O)ccc2Cl)CC1. The summed E-state index contributed by atoms with van der Waals surface area (Å²) >= 11 is 6.01. The first-order valence-corrected chi connectivity index (χ1v) is 8.40. The van der Waals surface area contributed by atoms with Crippen LogP contribution in [0.1, 0.15) is 23.2 Å². The summed E-state index contributed by atoms with van der Waals surface area (Å²) in [5.74, 6) is -0.292. The number of carbonyl (C=O) groups is 1. The number of hydrogen-bond donors (Lipinski definition) is 1. The van der Waals surface area contributed by atoms with E-state index in [4.69, 9.17) is 21.5 Å². The number of benzene rings is 1. The molecule has 2 rings (SSSR count). The molecule has 0 aliphatic carbocycles. The lowest BCUT2D eigenvalue weighted by Crippen LogP contribution is -2.40. The highest BCUT2D eigenvalue weighted by Gasteiger charge is 2.25. The van der Waals surface area contributed by atoms with E-state index in [0.29, 0.717) is 13.1 Å². The number of methoxy groups -OCH3 is 1. The van der Waals surface area contributed by atoms with Gasteiger partial charge < -0.3 is 9.64 Å². The van der Waals surface area contributed by atoms with Crippen molar-refractivity contribution in [2.24, 2.45) is 5.14 Å². The van der Waals surface area contributed by atoms with Crippen molar-refractivity contribution in [2.45, 2.75) is 23.8 Å². The molecule has 0 spiro atoms. The third-order valence-corrected chi connectivity index (χ3v) is 4.80. The molecule has 0 aromatic heterocycles. The molecule has 8 heteroatoms. The number of rotatable bonds is 3. The number of primary sulfonamides is 1. The highest BCUT2D eigenvalue weighted by molar-refractivity contribution is 7.89. The van der Waals surface area contributed by atoms with Crippen LogP contribution >= 0.6 is 11.6 Å². The van der Waals surface area contributed by atoms with Crippen molar-refractivity contribution < 1.29 is 17.9 Å². The van der Waals surface area contributed by atoms with E-state index < -0.39 is 10.0 Å². The van der Waals surface area contributed by atoms with Crippen LogP contribution in [-0.2, 0) is 14.8 Å². The van der Waals surface area contributed by atoms with Gasteiger partial charge in [-0.1, -0.05) is 11.6 Å². The van der Waals surface area contributed by atoms with Gasteiger partial charge in [-0.15, -0.1) is 0 Å². The molecular formula is C13H17ClN2O4S. The number of nitrogens with zero attached hydrogens (tertiary/aromatic N) is 1. The maximum Gasteiger partial charge on any atom is 0.255 e. The van der Waals surface area contributed by atoms with E-state index in [1.165, 1.54) is 18.2 Å². The minimum atomic E-state index is -3.87. The van der Waals surface area contributed by atoms with Crippen molar-refractivity contribution in [3.63, 3.8) is 0 Å². The number of amides is 1. The third kappa shape index (κ3) is 3.74. The lowest BCUT2D eigenvalue weighted by Gasteiger charge is -2.31. The number of piperidine rings is 1. The minimum absolute atomic E-state index is 0.123. The lowest BCUT2D eigenvalue weighted by atomic mass is 10.1. The fraction of sp³-hybridized carbons (Fsp3) is 0.462. The van der Waals surface area contributed by atoms with Crippen LogP contribution in [0.2, 0.25) is 5.02 Å². The number of sulfonamides is 1. The van der Waals surface area contributed by atoms with Crippen LogP contribution in [0.15, 0.2) is 23.1 Å². The smallest absolute Gasteiger partial charge is 0.255 e. The predicted molar refractivity (Wildman–Crippen MR) is 78.8 cm³/mol. The van der Waals surface area contributed by atoms with Gasteiger partial charge in [-0.25, -0.2) is 13.6 Å². The zero-order valence-corrected chi connectivity index (χ0v) is 13.2. The fourth-order valence-corrected chi connectivity index (χ4v) is 3.05. The topological polar surface area (TPSA) is 89.7 Å². The van der Waals surface area contributed by atoms with Crippen LogP contribution in [0, 0.1) is 0 Å². The highest BCUT2D eigenvalue weighted by atomic mass is 35.5. The molecule has 1 aromatic carbocycles. The largest absolute Gasteiger partial charge is 0.381 e. The fourth-order valence-electron chi connectivity index (χ4n) is 2.31. The second-order valence-corrected chi connectivity index (χ2v) is 6.88. The third-order valence-electron chi connectivity index (χ3n) is 3.56. The molecule has 0 bridgehead atoms. The standard InChI is InChI=1S/C13H17ClN2O4S/c1-20-9-4-6-16(7-5-9)13(17)11-8-10(21(15,18)19)2-3-12(11)14/h2-3,8-9H,4-7H2,1H3,(H2,15,18,19). The van der Waals surface area contributed by atoms with Crippen LogP contribution in [0.3, 0.4) is 0 Å². The van der Waals surface area contributed by atoms with Gasteiger partial charge in [-0.05, 0) is 31.0 Å². The van der Waals surface area contributed by atoms with Gasteiger partial charge in [0.1, 0.15) is 0 Å². The molecule has 1 amide bonds. The average Bonchev–Trinajstić information content (AvgIpc) is 2.46. The van der Waals surface area contributed by atoms with Gasteiger partial charge >= 0.3 is 0 Å². The Morgan fingerprint density at radius 2 is 2.00 bits per heavy atom. The molecule has 0 atom stereocenters. The van der Waals surface area contributed by atoms with E-state index in [1.807, 2.05) is 0 Å². The molecule has 2 N–H and O–H groups in total. The molecule has 0 radical (unpaired) electrons. The molecular weight excluding hydrogens is 316 g/mol. The van der Waals surface area contributed by atoms with Crippen LogP contribution in [0.5, 0.6) is 0 Å². The zero-order valence-electron chi connectivity index (χ0n) is 11.6. The quantitative estimate of drug-likeness (QED) is 0.901. The number of ether oxygens (including phenoxy) is 1. The van der Waals surface area contributed by atoms with Gasteiger partial charge in [0.2, 0.25) is 10.0 Å². The Balaban J connectivity index is 2.23. The molecule has 0 saturated carbocycles. The molecule has 1 aromatic rings. The summed E-state index contributed by atoms with van der Waals surface area (Å²) in [5.41, 5.74) is 0.152. The molecule has 6 nitrogen and oxygen atoms in total. The first-order chi connectivity index (χ1) is 9.82. The maximum atomic E-state index is 12.5. The predicted octanol–water partition coefficient (Wildman–Crippen LogP) is 1.24. The Kier molecular flexibility index (Phi) is 4.88. The molecule has 1 saturated heterocycles. The molecule has 1 fully saturated rings. The Hall–Kier alpha value is -1.15. The Labute approximate surface area is 128 Å². The molecule has 1 aliphatic heterocycles. The molecule has 21 heavy (non-hydrogen) atoms. The summed E-state index contributed by atoms with van der Waals surface area (Å²) in [7, 11) is -2.22. The minimum Gasteiger partial charge on any atom is -0.381 e. The first-order valence-electron chi connectivity index (χ1n) is 6.47. The second kappa shape index (κ2) is 6.31. The van der Waals surface area contributed by atoms with E-state index in [0.717, 1.165) is 12.8 Å².